The van der Waals surface area contributed by atoms with Gasteiger partial charge in [-0.2, -0.15) is 0 Å². The fraction of sp³-hybridized carbons (Fsp3) is 1.00. The lowest BCUT2D eigenvalue weighted by molar-refractivity contribution is 0.169. The summed E-state index contributed by atoms with van der Waals surface area (Å²) in [5.41, 5.74) is 0. The topological polar surface area (TPSA) is 60.7 Å². The number of aliphatic hydroxyl groups excluding tert-OH is 3. The normalized spacial score (nSPS) is 17.4. The molecule has 0 aromatic rings. The maximum atomic E-state index is 9.17. The van der Waals surface area contributed by atoms with Crippen LogP contribution < -0.4 is 0 Å². The van der Waals surface area contributed by atoms with Gasteiger partial charge in [0, 0.05) is 19.8 Å². The summed E-state index contributed by atoms with van der Waals surface area (Å²) in [6, 6.07) is 0. The molecule has 0 aliphatic carbocycles. The van der Waals surface area contributed by atoms with Crippen LogP contribution in [0.4, 0.5) is 0 Å². The molecule has 0 heterocycles. The van der Waals surface area contributed by atoms with Crippen LogP contribution in [-0.4, -0.2) is 35.1 Å². The van der Waals surface area contributed by atoms with E-state index in [9.17, 15) is 5.11 Å². The van der Waals surface area contributed by atoms with Crippen molar-refractivity contribution in [3.05, 3.63) is 0 Å². The molecule has 0 aromatic carbocycles. The molecule has 0 radical (unpaired) electrons. The monoisotopic (exact) mass is 218 g/mol. The van der Waals surface area contributed by atoms with E-state index < -0.39 is 0 Å². The molecule has 2 atom stereocenters. The van der Waals surface area contributed by atoms with Crippen molar-refractivity contribution in [1.82, 2.24) is 0 Å². The Morgan fingerprint density at radius 2 is 1.07 bits per heavy atom. The van der Waals surface area contributed by atoms with Crippen molar-refractivity contribution >= 4 is 0 Å². The van der Waals surface area contributed by atoms with Gasteiger partial charge in [-0.3, -0.25) is 0 Å². The summed E-state index contributed by atoms with van der Waals surface area (Å²) in [6.45, 7) is 4.71. The number of rotatable bonds is 9. The lowest BCUT2D eigenvalue weighted by Crippen LogP contribution is -2.12. The molecule has 0 rings (SSSR count). The summed E-state index contributed by atoms with van der Waals surface area (Å²) >= 11 is 0. The number of hydrogen-bond donors (Lipinski definition) is 3. The molecule has 0 spiro atoms. The molecular weight excluding hydrogens is 192 g/mol. The van der Waals surface area contributed by atoms with Crippen LogP contribution in [0.3, 0.4) is 0 Å². The molecule has 0 aliphatic rings. The smallest absolute Gasteiger partial charge is 0.0459 e. The fourth-order valence-electron chi connectivity index (χ4n) is 1.55. The molecule has 3 nitrogen and oxygen atoms in total. The summed E-state index contributed by atoms with van der Waals surface area (Å²) in [5, 5.41) is 26.9. The molecule has 15 heavy (non-hydrogen) atoms. The zero-order valence-corrected chi connectivity index (χ0v) is 10.0. The van der Waals surface area contributed by atoms with Gasteiger partial charge in [0.25, 0.3) is 0 Å². The number of hydrogen-bond acceptors (Lipinski definition) is 3. The quantitative estimate of drug-likeness (QED) is 0.548. The van der Waals surface area contributed by atoms with Gasteiger partial charge in [-0.1, -0.05) is 13.8 Å². The molecule has 0 aliphatic heterocycles. The SMILES string of the molecule is CC(CO)CCC(CO)CCC(C)CO. The van der Waals surface area contributed by atoms with Crippen molar-refractivity contribution in [2.45, 2.75) is 39.5 Å². The van der Waals surface area contributed by atoms with E-state index in [1.54, 1.807) is 0 Å². The summed E-state index contributed by atoms with van der Waals surface area (Å²) in [6.07, 6.45) is 3.87. The van der Waals surface area contributed by atoms with E-state index in [2.05, 4.69) is 0 Å². The molecular formula is C12H26O3. The van der Waals surface area contributed by atoms with Gasteiger partial charge >= 0.3 is 0 Å². The second-order valence-electron chi connectivity index (χ2n) is 4.78. The molecule has 0 aromatic heterocycles. The third-order valence-corrected chi connectivity index (χ3v) is 3.02. The van der Waals surface area contributed by atoms with Crippen molar-refractivity contribution in [1.29, 1.82) is 0 Å². The van der Waals surface area contributed by atoms with E-state index in [1.807, 2.05) is 13.8 Å². The van der Waals surface area contributed by atoms with Crippen LogP contribution in [0.25, 0.3) is 0 Å². The molecule has 0 fully saturated rings. The Kier molecular flexibility index (Phi) is 9.06. The Morgan fingerprint density at radius 3 is 1.33 bits per heavy atom. The van der Waals surface area contributed by atoms with Gasteiger partial charge in [0.2, 0.25) is 0 Å². The first-order chi connectivity index (χ1) is 7.13. The Labute approximate surface area is 93.1 Å². The average molecular weight is 218 g/mol. The molecule has 2 unspecified atom stereocenters. The standard InChI is InChI=1S/C12H26O3/c1-10(7-13)3-5-12(9-15)6-4-11(2)8-14/h10-15H,3-9H2,1-2H3. The highest BCUT2D eigenvalue weighted by Gasteiger charge is 2.11. The molecule has 0 saturated heterocycles. The minimum absolute atomic E-state index is 0.219. The lowest BCUT2D eigenvalue weighted by atomic mass is 9.91. The summed E-state index contributed by atoms with van der Waals surface area (Å²) in [4.78, 5) is 0. The second kappa shape index (κ2) is 9.13. The first-order valence-corrected chi connectivity index (χ1v) is 5.96. The van der Waals surface area contributed by atoms with Crippen molar-refractivity contribution in [3.8, 4) is 0 Å². The van der Waals surface area contributed by atoms with Gasteiger partial charge < -0.3 is 15.3 Å². The Hall–Kier alpha value is -0.120. The van der Waals surface area contributed by atoms with Gasteiger partial charge in [-0.05, 0) is 43.4 Å². The number of aliphatic hydroxyl groups is 3. The first-order valence-electron chi connectivity index (χ1n) is 5.96. The van der Waals surface area contributed by atoms with Crippen LogP contribution in [0.5, 0.6) is 0 Å². The largest absolute Gasteiger partial charge is 0.396 e. The van der Waals surface area contributed by atoms with Crippen molar-refractivity contribution in [2.24, 2.45) is 17.8 Å². The van der Waals surface area contributed by atoms with E-state index in [-0.39, 0.29) is 19.8 Å². The van der Waals surface area contributed by atoms with Gasteiger partial charge in [0.05, 0.1) is 0 Å². The third kappa shape index (κ3) is 7.77. The van der Waals surface area contributed by atoms with E-state index in [4.69, 9.17) is 10.2 Å². The molecule has 0 bridgehead atoms. The molecule has 3 N–H and O–H groups in total. The van der Waals surface area contributed by atoms with E-state index in [0.29, 0.717) is 17.8 Å². The highest BCUT2D eigenvalue weighted by Crippen LogP contribution is 2.19. The lowest BCUT2D eigenvalue weighted by Gasteiger charge is -2.17. The minimum atomic E-state index is 0.219. The van der Waals surface area contributed by atoms with Crippen molar-refractivity contribution in [2.75, 3.05) is 19.8 Å². The van der Waals surface area contributed by atoms with Gasteiger partial charge in [0.15, 0.2) is 0 Å². The van der Waals surface area contributed by atoms with Crippen LogP contribution in [-0.2, 0) is 0 Å². The zero-order chi connectivity index (χ0) is 11.7. The van der Waals surface area contributed by atoms with Gasteiger partial charge in [0.1, 0.15) is 0 Å². The Balaban J connectivity index is 3.63. The molecule has 0 amide bonds. The van der Waals surface area contributed by atoms with Gasteiger partial charge in [-0.25, -0.2) is 0 Å². The Bertz CT molecular complexity index is 125. The van der Waals surface area contributed by atoms with E-state index in [0.717, 1.165) is 25.7 Å². The zero-order valence-electron chi connectivity index (χ0n) is 10.0. The fourth-order valence-corrected chi connectivity index (χ4v) is 1.55. The average Bonchev–Trinajstić information content (AvgIpc) is 2.28. The van der Waals surface area contributed by atoms with Crippen LogP contribution in [0, 0.1) is 17.8 Å². The van der Waals surface area contributed by atoms with Gasteiger partial charge in [-0.15, -0.1) is 0 Å². The maximum absolute atomic E-state index is 9.17. The second-order valence-corrected chi connectivity index (χ2v) is 4.78. The third-order valence-electron chi connectivity index (χ3n) is 3.02. The predicted molar refractivity (Wildman–Crippen MR) is 61.5 cm³/mol. The van der Waals surface area contributed by atoms with Crippen LogP contribution >= 0.6 is 0 Å². The Morgan fingerprint density at radius 1 is 0.667 bits per heavy atom. The minimum Gasteiger partial charge on any atom is -0.396 e. The molecule has 3 heteroatoms. The van der Waals surface area contributed by atoms with Crippen molar-refractivity contribution < 1.29 is 15.3 Å². The van der Waals surface area contributed by atoms with Crippen LogP contribution in [0.1, 0.15) is 39.5 Å². The van der Waals surface area contributed by atoms with E-state index >= 15 is 0 Å². The molecule has 92 valence electrons. The molecule has 0 saturated carbocycles. The summed E-state index contributed by atoms with van der Waals surface area (Å²) in [7, 11) is 0. The predicted octanol–water partition coefficient (Wildman–Crippen LogP) is 1.41. The van der Waals surface area contributed by atoms with Crippen molar-refractivity contribution in [3.63, 3.8) is 0 Å². The maximum Gasteiger partial charge on any atom is 0.0459 e. The summed E-state index contributed by atoms with van der Waals surface area (Å²) < 4.78 is 0. The van der Waals surface area contributed by atoms with Crippen LogP contribution in [0.2, 0.25) is 0 Å². The van der Waals surface area contributed by atoms with Crippen LogP contribution in [0.15, 0.2) is 0 Å². The summed E-state index contributed by atoms with van der Waals surface area (Å²) in [5.74, 6) is 0.983. The van der Waals surface area contributed by atoms with E-state index in [1.165, 1.54) is 0 Å². The highest BCUT2D eigenvalue weighted by atomic mass is 16.3. The highest BCUT2D eigenvalue weighted by molar-refractivity contribution is 4.63. The first kappa shape index (κ1) is 14.9.